The summed E-state index contributed by atoms with van der Waals surface area (Å²) in [4.78, 5) is 46.9. The second-order valence-corrected chi connectivity index (χ2v) is 6.24. The number of rotatable bonds is 5. The second-order valence-electron chi connectivity index (χ2n) is 6.24. The number of hydrogen-bond acceptors (Lipinski definition) is 7. The fourth-order valence-electron chi connectivity index (χ4n) is 2.50. The van der Waals surface area contributed by atoms with Gasteiger partial charge in [0, 0.05) is 12.6 Å². The molecule has 156 valence electrons. The lowest BCUT2D eigenvalue weighted by Gasteiger charge is -2.25. The number of para-hydroxylation sites is 2. The molecule has 0 unspecified atom stereocenters. The van der Waals surface area contributed by atoms with E-state index in [1.165, 1.54) is 31.2 Å². The van der Waals surface area contributed by atoms with Gasteiger partial charge >= 0.3 is 5.97 Å². The molecule has 1 aliphatic heterocycles. The lowest BCUT2D eigenvalue weighted by Crippen LogP contribution is -2.51. The molecule has 0 saturated carbocycles. The molecule has 3 amide bonds. The van der Waals surface area contributed by atoms with E-state index in [-0.39, 0.29) is 18.1 Å². The predicted molar refractivity (Wildman–Crippen MR) is 104 cm³/mol. The van der Waals surface area contributed by atoms with Crippen LogP contribution in [0.15, 0.2) is 48.5 Å². The zero-order chi connectivity index (χ0) is 21.5. The van der Waals surface area contributed by atoms with Crippen LogP contribution in [0.4, 0.5) is 5.69 Å². The van der Waals surface area contributed by atoms with Crippen molar-refractivity contribution < 1.29 is 33.4 Å². The molecule has 1 atom stereocenters. The van der Waals surface area contributed by atoms with Crippen molar-refractivity contribution in [2.45, 2.75) is 13.0 Å². The smallest absolute Gasteiger partial charge is 0.338 e. The molecule has 1 heterocycles. The van der Waals surface area contributed by atoms with Crippen LogP contribution in [-0.2, 0) is 19.1 Å². The molecule has 2 aromatic rings. The van der Waals surface area contributed by atoms with E-state index in [1.54, 1.807) is 24.3 Å². The Bertz CT molecular complexity index is 959. The first-order chi connectivity index (χ1) is 14.4. The van der Waals surface area contributed by atoms with Gasteiger partial charge in [0.15, 0.2) is 18.1 Å². The zero-order valence-corrected chi connectivity index (χ0v) is 16.0. The van der Waals surface area contributed by atoms with Gasteiger partial charge in [-0.3, -0.25) is 25.2 Å². The third-order valence-corrected chi connectivity index (χ3v) is 3.90. The average molecular weight is 413 g/mol. The summed E-state index contributed by atoms with van der Waals surface area (Å²) in [5, 5.41) is 2.57. The van der Waals surface area contributed by atoms with E-state index in [1.807, 2.05) is 0 Å². The fourth-order valence-corrected chi connectivity index (χ4v) is 2.50. The lowest BCUT2D eigenvalue weighted by atomic mass is 10.2. The molecule has 10 nitrogen and oxygen atoms in total. The van der Waals surface area contributed by atoms with Gasteiger partial charge in [0.25, 0.3) is 11.8 Å². The molecule has 0 bridgehead atoms. The second kappa shape index (κ2) is 9.41. The molecule has 0 radical (unpaired) electrons. The molecule has 1 aliphatic rings. The normalized spacial score (nSPS) is 14.2. The van der Waals surface area contributed by atoms with Gasteiger partial charge in [-0.05, 0) is 36.4 Å². The summed E-state index contributed by atoms with van der Waals surface area (Å²) >= 11 is 0. The van der Waals surface area contributed by atoms with Crippen molar-refractivity contribution >= 4 is 29.4 Å². The van der Waals surface area contributed by atoms with Crippen LogP contribution in [0.2, 0.25) is 0 Å². The van der Waals surface area contributed by atoms with Crippen LogP contribution in [0.1, 0.15) is 17.3 Å². The van der Waals surface area contributed by atoms with E-state index >= 15 is 0 Å². The van der Waals surface area contributed by atoms with E-state index < -0.39 is 30.5 Å². The number of ether oxygens (including phenoxy) is 3. The topological polar surface area (TPSA) is 132 Å². The maximum Gasteiger partial charge on any atom is 0.338 e. The van der Waals surface area contributed by atoms with Gasteiger partial charge in [-0.25, -0.2) is 4.79 Å². The number of anilines is 1. The van der Waals surface area contributed by atoms with Crippen LogP contribution in [-0.4, -0.2) is 43.0 Å². The zero-order valence-electron chi connectivity index (χ0n) is 16.0. The van der Waals surface area contributed by atoms with Crippen molar-refractivity contribution in [3.8, 4) is 11.5 Å². The number of carbonyl (C=O) groups excluding carboxylic acids is 4. The number of amides is 3. The Balaban J connectivity index is 1.41. The highest BCUT2D eigenvalue weighted by Crippen LogP contribution is 2.30. The third kappa shape index (κ3) is 5.47. The molecule has 0 aliphatic carbocycles. The number of carbonyl (C=O) groups is 4. The summed E-state index contributed by atoms with van der Waals surface area (Å²) in [6.07, 6.45) is -0.940. The van der Waals surface area contributed by atoms with Crippen molar-refractivity contribution in [2.75, 3.05) is 18.5 Å². The first-order valence-corrected chi connectivity index (χ1v) is 8.94. The number of benzene rings is 2. The van der Waals surface area contributed by atoms with E-state index in [0.717, 1.165) is 0 Å². The summed E-state index contributed by atoms with van der Waals surface area (Å²) in [6, 6.07) is 12.9. The molecule has 2 aromatic carbocycles. The van der Waals surface area contributed by atoms with Crippen LogP contribution in [0, 0.1) is 0 Å². The van der Waals surface area contributed by atoms with Crippen LogP contribution in [0.25, 0.3) is 0 Å². The average Bonchev–Trinajstić information content (AvgIpc) is 2.75. The Hall–Kier alpha value is -4.08. The molecule has 0 fully saturated rings. The van der Waals surface area contributed by atoms with Gasteiger partial charge in [0.2, 0.25) is 12.0 Å². The monoisotopic (exact) mass is 413 g/mol. The van der Waals surface area contributed by atoms with Crippen molar-refractivity contribution in [1.29, 1.82) is 0 Å². The van der Waals surface area contributed by atoms with E-state index in [0.29, 0.717) is 17.2 Å². The minimum absolute atomic E-state index is 0.0117. The quantitative estimate of drug-likeness (QED) is 0.488. The standard InChI is InChI=1S/C20H19N3O7/c1-12(24)21-14-8-6-13(7-9-14)20(27)29-11-18(25)22-23-19(26)17-10-28-15-4-2-3-5-16(15)30-17/h2-9,17H,10-11H2,1H3,(H,21,24)(H,22,25)(H,23,26)/t17-/m1/s1. The molecule has 0 saturated heterocycles. The van der Waals surface area contributed by atoms with E-state index in [9.17, 15) is 19.2 Å². The largest absolute Gasteiger partial charge is 0.485 e. The Morgan fingerprint density at radius 1 is 1.00 bits per heavy atom. The minimum atomic E-state index is -0.940. The Kier molecular flexibility index (Phi) is 6.48. The third-order valence-electron chi connectivity index (χ3n) is 3.90. The maximum absolute atomic E-state index is 12.1. The molecular weight excluding hydrogens is 394 g/mol. The summed E-state index contributed by atoms with van der Waals surface area (Å²) < 4.78 is 15.8. The summed E-state index contributed by atoms with van der Waals surface area (Å²) in [5.41, 5.74) is 5.07. The Labute approximate surface area is 171 Å². The maximum atomic E-state index is 12.1. The molecule has 3 N–H and O–H groups in total. The number of nitrogens with one attached hydrogen (secondary N) is 3. The highest BCUT2D eigenvalue weighted by atomic mass is 16.6. The van der Waals surface area contributed by atoms with Crippen LogP contribution >= 0.6 is 0 Å². The van der Waals surface area contributed by atoms with E-state index in [4.69, 9.17) is 14.2 Å². The number of hydrogen-bond donors (Lipinski definition) is 3. The molecule has 10 heteroatoms. The number of fused-ring (bicyclic) bond motifs is 1. The summed E-state index contributed by atoms with van der Waals surface area (Å²) in [7, 11) is 0. The number of hydrazine groups is 1. The first kappa shape index (κ1) is 20.6. The van der Waals surface area contributed by atoms with Crippen molar-refractivity contribution in [1.82, 2.24) is 10.9 Å². The molecule has 30 heavy (non-hydrogen) atoms. The van der Waals surface area contributed by atoms with Crippen LogP contribution in [0.5, 0.6) is 11.5 Å². The summed E-state index contributed by atoms with van der Waals surface area (Å²) in [6.45, 7) is 0.755. The fraction of sp³-hybridized carbons (Fsp3) is 0.200. The predicted octanol–water partition coefficient (Wildman–Crippen LogP) is 0.789. The SMILES string of the molecule is CC(=O)Nc1ccc(C(=O)OCC(=O)NNC(=O)[C@H]2COc3ccccc3O2)cc1. The van der Waals surface area contributed by atoms with Crippen molar-refractivity contribution in [2.24, 2.45) is 0 Å². The van der Waals surface area contributed by atoms with Crippen LogP contribution < -0.4 is 25.6 Å². The Morgan fingerprint density at radius 2 is 1.70 bits per heavy atom. The van der Waals surface area contributed by atoms with Gasteiger partial charge in [0.1, 0.15) is 6.61 Å². The summed E-state index contributed by atoms with van der Waals surface area (Å²) in [5.74, 6) is -1.36. The Morgan fingerprint density at radius 3 is 2.40 bits per heavy atom. The molecule has 0 spiro atoms. The van der Waals surface area contributed by atoms with Crippen molar-refractivity contribution in [3.63, 3.8) is 0 Å². The van der Waals surface area contributed by atoms with Gasteiger partial charge in [-0.1, -0.05) is 12.1 Å². The van der Waals surface area contributed by atoms with Gasteiger partial charge in [-0.2, -0.15) is 0 Å². The van der Waals surface area contributed by atoms with E-state index in [2.05, 4.69) is 16.2 Å². The van der Waals surface area contributed by atoms with Crippen molar-refractivity contribution in [3.05, 3.63) is 54.1 Å². The molecule has 0 aromatic heterocycles. The van der Waals surface area contributed by atoms with Crippen LogP contribution in [0.3, 0.4) is 0 Å². The van der Waals surface area contributed by atoms with Gasteiger partial charge < -0.3 is 19.5 Å². The molecule has 3 rings (SSSR count). The highest BCUT2D eigenvalue weighted by Gasteiger charge is 2.27. The lowest BCUT2D eigenvalue weighted by molar-refractivity contribution is -0.135. The minimum Gasteiger partial charge on any atom is -0.485 e. The first-order valence-electron chi connectivity index (χ1n) is 8.94. The highest BCUT2D eigenvalue weighted by molar-refractivity contribution is 5.93. The van der Waals surface area contributed by atoms with Gasteiger partial charge in [-0.15, -0.1) is 0 Å². The molecular formula is C20H19N3O7. The number of esters is 1. The van der Waals surface area contributed by atoms with Gasteiger partial charge in [0.05, 0.1) is 5.56 Å².